The van der Waals surface area contributed by atoms with Crippen LogP contribution < -0.4 is 10.0 Å². The van der Waals surface area contributed by atoms with Gasteiger partial charge in [-0.05, 0) is 38.3 Å². The molecule has 1 heterocycles. The van der Waals surface area contributed by atoms with Gasteiger partial charge in [-0.2, -0.15) is 4.72 Å². The van der Waals surface area contributed by atoms with Crippen molar-refractivity contribution in [1.82, 2.24) is 14.9 Å². The predicted octanol–water partition coefficient (Wildman–Crippen LogP) is 0.493. The minimum atomic E-state index is -4.01. The van der Waals surface area contributed by atoms with Crippen molar-refractivity contribution in [3.8, 4) is 0 Å². The second-order valence-corrected chi connectivity index (χ2v) is 9.77. The molecule has 0 bridgehead atoms. The van der Waals surface area contributed by atoms with Gasteiger partial charge < -0.3 is 10.1 Å². The molecule has 3 amide bonds. The number of piperidine rings is 1. The van der Waals surface area contributed by atoms with Crippen LogP contribution in [0.1, 0.15) is 39.2 Å². The number of carbonyl (C=O) groups excluding carboxylic acids is 4. The highest BCUT2D eigenvalue weighted by Crippen LogP contribution is 2.20. The molecular weight excluding hydrogens is 438 g/mol. The molecule has 11 heteroatoms. The Hall–Kier alpha value is -2.79. The van der Waals surface area contributed by atoms with E-state index in [-0.39, 0.29) is 23.7 Å². The van der Waals surface area contributed by atoms with Crippen molar-refractivity contribution in [3.63, 3.8) is 0 Å². The molecule has 32 heavy (non-hydrogen) atoms. The van der Waals surface area contributed by atoms with E-state index in [9.17, 15) is 27.6 Å². The van der Waals surface area contributed by atoms with Crippen molar-refractivity contribution in [1.29, 1.82) is 0 Å². The van der Waals surface area contributed by atoms with E-state index in [1.54, 1.807) is 26.0 Å². The Morgan fingerprint density at radius 1 is 1.12 bits per heavy atom. The predicted molar refractivity (Wildman–Crippen MR) is 115 cm³/mol. The summed E-state index contributed by atoms with van der Waals surface area (Å²) >= 11 is 0. The van der Waals surface area contributed by atoms with Gasteiger partial charge in [-0.15, -0.1) is 0 Å². The summed E-state index contributed by atoms with van der Waals surface area (Å²) in [7, 11) is -2.82. The number of aryl methyl sites for hydroxylation is 1. The van der Waals surface area contributed by atoms with Crippen molar-refractivity contribution in [2.24, 2.45) is 5.92 Å². The second kappa shape index (κ2) is 10.2. The van der Waals surface area contributed by atoms with Gasteiger partial charge in [0.25, 0.3) is 0 Å². The normalized spacial score (nSPS) is 18.9. The molecule has 0 aromatic heterocycles. The molecule has 1 aliphatic rings. The van der Waals surface area contributed by atoms with Gasteiger partial charge in [0.2, 0.25) is 27.7 Å². The first kappa shape index (κ1) is 25.5. The summed E-state index contributed by atoms with van der Waals surface area (Å²) in [6, 6.07) is 2.70. The van der Waals surface area contributed by atoms with Gasteiger partial charge in [-0.25, -0.2) is 13.2 Å². The van der Waals surface area contributed by atoms with E-state index in [0.717, 1.165) is 10.5 Å². The molecular formula is C21H29N3O7S. The molecule has 10 nitrogen and oxygen atoms in total. The summed E-state index contributed by atoms with van der Waals surface area (Å²) in [5.41, 5.74) is 0.876. The number of hydrogen-bond donors (Lipinski definition) is 2. The summed E-state index contributed by atoms with van der Waals surface area (Å²) in [6.07, 6.45) is -0.139. The van der Waals surface area contributed by atoms with Gasteiger partial charge in [-0.3, -0.25) is 19.3 Å². The van der Waals surface area contributed by atoms with E-state index in [4.69, 9.17) is 0 Å². The molecule has 176 valence electrons. The summed E-state index contributed by atoms with van der Waals surface area (Å²) in [5, 5.41) is 2.50. The molecule has 3 unspecified atom stereocenters. The number of hydrogen-bond acceptors (Lipinski definition) is 7. The Morgan fingerprint density at radius 2 is 1.72 bits per heavy atom. The quantitative estimate of drug-likeness (QED) is 0.419. The van der Waals surface area contributed by atoms with Gasteiger partial charge in [0, 0.05) is 6.42 Å². The fourth-order valence-corrected chi connectivity index (χ4v) is 4.53. The average Bonchev–Trinajstić information content (AvgIpc) is 2.73. The Morgan fingerprint density at radius 3 is 2.25 bits per heavy atom. The van der Waals surface area contributed by atoms with Crippen molar-refractivity contribution in [3.05, 3.63) is 29.8 Å². The van der Waals surface area contributed by atoms with E-state index < -0.39 is 51.8 Å². The second-order valence-electron chi connectivity index (χ2n) is 8.06. The summed E-state index contributed by atoms with van der Waals surface area (Å²) in [4.78, 5) is 50.8. The van der Waals surface area contributed by atoms with Gasteiger partial charge in [0.15, 0.2) is 0 Å². The Balaban J connectivity index is 2.18. The van der Waals surface area contributed by atoms with Crippen LogP contribution in [0.3, 0.4) is 0 Å². The van der Waals surface area contributed by atoms with Crippen LogP contribution in [0.15, 0.2) is 29.2 Å². The SMILES string of the molecule is COC(=O)C(NC(=O)C(C)N1C(=O)CCC(NS(=O)(=O)c2ccc(C)cc2)C1=O)C(C)C. The third-order valence-corrected chi connectivity index (χ3v) is 6.75. The first-order chi connectivity index (χ1) is 14.9. The Labute approximate surface area is 187 Å². The molecule has 1 aliphatic heterocycles. The third kappa shape index (κ3) is 5.71. The highest BCUT2D eigenvalue weighted by Gasteiger charge is 2.42. The molecule has 0 radical (unpaired) electrons. The molecule has 0 aliphatic carbocycles. The lowest BCUT2D eigenvalue weighted by molar-refractivity contribution is -0.156. The molecule has 1 aromatic rings. The standard InChI is InChI=1S/C21H29N3O7S/c1-12(2)18(21(28)31-5)22-19(26)14(4)24-17(25)11-10-16(20(24)27)23-32(29,30)15-8-6-13(3)7-9-15/h6-9,12,14,16,18,23H,10-11H2,1-5H3,(H,22,26). The van der Waals surface area contributed by atoms with Crippen molar-refractivity contribution >= 4 is 33.7 Å². The largest absolute Gasteiger partial charge is 0.467 e. The van der Waals surface area contributed by atoms with Crippen molar-refractivity contribution < 1.29 is 32.3 Å². The number of amides is 3. The topological polar surface area (TPSA) is 139 Å². The number of rotatable bonds is 8. The summed E-state index contributed by atoms with van der Waals surface area (Å²) < 4.78 is 32.4. The number of carbonyl (C=O) groups is 4. The highest BCUT2D eigenvalue weighted by atomic mass is 32.2. The summed E-state index contributed by atoms with van der Waals surface area (Å²) in [5.74, 6) is -3.08. The minimum absolute atomic E-state index is 0.0111. The summed E-state index contributed by atoms with van der Waals surface area (Å²) in [6.45, 7) is 6.57. The zero-order valence-electron chi connectivity index (χ0n) is 18.7. The third-order valence-electron chi connectivity index (χ3n) is 5.27. The number of sulfonamides is 1. The van der Waals surface area contributed by atoms with Gasteiger partial charge in [0.1, 0.15) is 18.1 Å². The number of nitrogens with zero attached hydrogens (tertiary/aromatic N) is 1. The maximum Gasteiger partial charge on any atom is 0.328 e. The monoisotopic (exact) mass is 467 g/mol. The Bertz CT molecular complexity index is 989. The first-order valence-corrected chi connectivity index (χ1v) is 11.7. The number of ether oxygens (including phenoxy) is 1. The minimum Gasteiger partial charge on any atom is -0.467 e. The number of nitrogens with one attached hydrogen (secondary N) is 2. The van der Waals surface area contributed by atoms with E-state index in [2.05, 4.69) is 14.8 Å². The average molecular weight is 468 g/mol. The number of esters is 1. The first-order valence-electron chi connectivity index (χ1n) is 10.2. The van der Waals surface area contributed by atoms with Crippen molar-refractivity contribution in [2.45, 2.75) is 63.6 Å². The molecule has 0 saturated carbocycles. The van der Waals surface area contributed by atoms with Crippen LogP contribution in [0.25, 0.3) is 0 Å². The van der Waals surface area contributed by atoms with E-state index >= 15 is 0 Å². The van der Waals surface area contributed by atoms with Gasteiger partial charge in [-0.1, -0.05) is 31.5 Å². The van der Waals surface area contributed by atoms with Crippen LogP contribution in [0.5, 0.6) is 0 Å². The number of benzene rings is 1. The van der Waals surface area contributed by atoms with E-state index in [1.807, 2.05) is 6.92 Å². The van der Waals surface area contributed by atoms with Crippen LogP contribution in [0, 0.1) is 12.8 Å². The molecule has 2 N–H and O–H groups in total. The molecule has 1 fully saturated rings. The van der Waals surface area contributed by atoms with Crippen LogP contribution in [0.4, 0.5) is 0 Å². The van der Waals surface area contributed by atoms with Crippen LogP contribution >= 0.6 is 0 Å². The van der Waals surface area contributed by atoms with E-state index in [0.29, 0.717) is 0 Å². The molecule has 1 aromatic carbocycles. The molecule has 1 saturated heterocycles. The van der Waals surface area contributed by atoms with Gasteiger partial charge in [0.05, 0.1) is 12.0 Å². The zero-order valence-corrected chi connectivity index (χ0v) is 19.6. The molecule has 2 rings (SSSR count). The lowest BCUT2D eigenvalue weighted by Gasteiger charge is -2.35. The van der Waals surface area contributed by atoms with Crippen molar-refractivity contribution in [2.75, 3.05) is 7.11 Å². The smallest absolute Gasteiger partial charge is 0.328 e. The molecule has 0 spiro atoms. The van der Waals surface area contributed by atoms with E-state index in [1.165, 1.54) is 26.2 Å². The lowest BCUT2D eigenvalue weighted by atomic mass is 10.0. The molecule has 3 atom stereocenters. The van der Waals surface area contributed by atoms with Gasteiger partial charge >= 0.3 is 5.97 Å². The zero-order chi connectivity index (χ0) is 24.2. The maximum absolute atomic E-state index is 13.0. The number of likely N-dealkylation sites (tertiary alicyclic amines) is 1. The maximum atomic E-state index is 13.0. The number of imide groups is 1. The Kier molecular flexibility index (Phi) is 8.13. The fraction of sp³-hybridized carbons (Fsp3) is 0.524. The number of methoxy groups -OCH3 is 1. The highest BCUT2D eigenvalue weighted by molar-refractivity contribution is 7.89. The fourth-order valence-electron chi connectivity index (χ4n) is 3.31. The van der Waals surface area contributed by atoms with Crippen LogP contribution in [-0.2, 0) is 33.9 Å². The van der Waals surface area contributed by atoms with Crippen LogP contribution in [0.2, 0.25) is 0 Å². The van der Waals surface area contributed by atoms with Crippen LogP contribution in [-0.4, -0.2) is 62.2 Å². The lowest BCUT2D eigenvalue weighted by Crippen LogP contribution is -2.61.